The number of aryl methyl sites for hydroxylation is 1. The van der Waals surface area contributed by atoms with Crippen molar-refractivity contribution in [1.82, 2.24) is 14.5 Å². The quantitative estimate of drug-likeness (QED) is 0.418. The predicted octanol–water partition coefficient (Wildman–Crippen LogP) is 4.82. The third-order valence-corrected chi connectivity index (χ3v) is 6.49. The highest BCUT2D eigenvalue weighted by Gasteiger charge is 2.37. The molecule has 0 fully saturated rings. The number of fused-ring (bicyclic) bond motifs is 6. The molecule has 0 saturated carbocycles. The average molecular weight is 450 g/mol. The van der Waals surface area contributed by atoms with Crippen molar-refractivity contribution in [1.29, 1.82) is 0 Å². The van der Waals surface area contributed by atoms with E-state index in [9.17, 15) is 5.11 Å². The molecule has 1 N–H and O–H groups in total. The maximum atomic E-state index is 12.4. The first kappa shape index (κ1) is 20.4. The molecule has 1 atom stereocenters. The zero-order valence-electron chi connectivity index (χ0n) is 18.9. The van der Waals surface area contributed by atoms with Crippen LogP contribution in [0.5, 0.6) is 11.6 Å². The van der Waals surface area contributed by atoms with Crippen LogP contribution in [0.25, 0.3) is 22.0 Å². The third-order valence-electron chi connectivity index (χ3n) is 6.49. The van der Waals surface area contributed by atoms with Gasteiger partial charge in [0.2, 0.25) is 5.88 Å². The molecule has 1 aliphatic heterocycles. The number of hydrogen-bond donors (Lipinski definition) is 1. The Morgan fingerprint density at radius 3 is 2.68 bits per heavy atom. The number of methoxy groups -OCH3 is 1. The molecule has 34 heavy (non-hydrogen) atoms. The van der Waals surface area contributed by atoms with Gasteiger partial charge in [-0.1, -0.05) is 36.4 Å². The fraction of sp³-hybridized carbons (Fsp3) is 0.143. The summed E-state index contributed by atoms with van der Waals surface area (Å²) in [6.07, 6.45) is 3.41. The predicted molar refractivity (Wildman–Crippen MR) is 130 cm³/mol. The lowest BCUT2D eigenvalue weighted by Crippen LogP contribution is -2.31. The molecule has 5 aromatic rings. The summed E-state index contributed by atoms with van der Waals surface area (Å²) in [5.74, 6) is 1.29. The third kappa shape index (κ3) is 3.15. The van der Waals surface area contributed by atoms with E-state index in [0.717, 1.165) is 44.5 Å². The Kier molecular flexibility index (Phi) is 4.64. The molecule has 0 amide bonds. The Morgan fingerprint density at radius 1 is 1.00 bits per heavy atom. The van der Waals surface area contributed by atoms with Crippen LogP contribution in [0.2, 0.25) is 0 Å². The van der Waals surface area contributed by atoms with Gasteiger partial charge in [-0.2, -0.15) is 0 Å². The zero-order chi connectivity index (χ0) is 23.3. The summed E-state index contributed by atoms with van der Waals surface area (Å²) in [6.45, 7) is 0.380. The van der Waals surface area contributed by atoms with E-state index >= 15 is 0 Å². The van der Waals surface area contributed by atoms with Gasteiger partial charge in [-0.25, -0.2) is 9.97 Å². The van der Waals surface area contributed by atoms with E-state index in [1.165, 1.54) is 0 Å². The number of ether oxygens (including phenoxy) is 2. The normalized spacial score (nSPS) is 16.9. The van der Waals surface area contributed by atoms with Crippen LogP contribution in [0.4, 0.5) is 0 Å². The molecule has 168 valence electrons. The van der Waals surface area contributed by atoms with E-state index < -0.39 is 5.60 Å². The Morgan fingerprint density at radius 2 is 1.85 bits per heavy atom. The van der Waals surface area contributed by atoms with Gasteiger partial charge in [-0.05, 0) is 58.1 Å². The first-order valence-corrected chi connectivity index (χ1v) is 11.1. The van der Waals surface area contributed by atoms with Crippen molar-refractivity contribution < 1.29 is 14.6 Å². The molecule has 1 aliphatic rings. The summed E-state index contributed by atoms with van der Waals surface area (Å²) < 4.78 is 13.5. The molecule has 6 rings (SSSR count). The maximum absolute atomic E-state index is 12.4. The van der Waals surface area contributed by atoms with E-state index in [1.54, 1.807) is 19.6 Å². The Bertz CT molecular complexity index is 1540. The number of nitrogens with zero attached hydrogens (tertiary/aromatic N) is 3. The molecule has 6 bridgehead atoms. The second-order valence-corrected chi connectivity index (χ2v) is 8.56. The fourth-order valence-corrected chi connectivity index (χ4v) is 4.74. The van der Waals surface area contributed by atoms with Crippen molar-refractivity contribution in [2.45, 2.75) is 12.2 Å². The summed E-state index contributed by atoms with van der Waals surface area (Å²) >= 11 is 0. The van der Waals surface area contributed by atoms with Gasteiger partial charge in [-0.15, -0.1) is 0 Å². The van der Waals surface area contributed by atoms with Crippen LogP contribution in [-0.4, -0.2) is 26.8 Å². The molecular formula is C28H23N3O3. The van der Waals surface area contributed by atoms with Crippen LogP contribution < -0.4 is 9.47 Å². The van der Waals surface area contributed by atoms with Gasteiger partial charge in [0.05, 0.1) is 30.8 Å². The molecule has 0 radical (unpaired) electrons. The standard InChI is InChI=1S/C28H23N3O3/c1-31-17-29-15-26(31)28(32)20-7-3-5-18(11-20)16-34-22-8-4-6-19(12-22)23-14-27(33-2)30-25-10-9-21(28)13-24(23)25/h3-15,17,32H,16H2,1-2H3. The molecule has 0 saturated heterocycles. The molecule has 3 heterocycles. The van der Waals surface area contributed by atoms with Crippen molar-refractivity contribution in [2.75, 3.05) is 7.11 Å². The molecule has 6 heteroatoms. The molecule has 1 unspecified atom stereocenters. The minimum Gasteiger partial charge on any atom is -0.489 e. The molecule has 0 aliphatic carbocycles. The summed E-state index contributed by atoms with van der Waals surface area (Å²) in [6, 6.07) is 23.7. The number of pyridine rings is 1. The minimum absolute atomic E-state index is 0.380. The highest BCUT2D eigenvalue weighted by atomic mass is 16.5. The van der Waals surface area contributed by atoms with Crippen molar-refractivity contribution in [2.24, 2.45) is 7.05 Å². The monoisotopic (exact) mass is 449 g/mol. The smallest absolute Gasteiger partial charge is 0.214 e. The topological polar surface area (TPSA) is 69.4 Å². The van der Waals surface area contributed by atoms with Gasteiger partial charge in [0.1, 0.15) is 12.4 Å². The van der Waals surface area contributed by atoms with Gasteiger partial charge in [0, 0.05) is 18.5 Å². The minimum atomic E-state index is -1.43. The van der Waals surface area contributed by atoms with Crippen LogP contribution in [-0.2, 0) is 19.3 Å². The van der Waals surface area contributed by atoms with Crippen molar-refractivity contribution >= 4 is 10.9 Å². The molecule has 2 aromatic heterocycles. The zero-order valence-corrected chi connectivity index (χ0v) is 18.9. The van der Waals surface area contributed by atoms with E-state index in [0.29, 0.717) is 18.2 Å². The van der Waals surface area contributed by atoms with E-state index in [1.807, 2.05) is 84.4 Å². The second-order valence-electron chi connectivity index (χ2n) is 8.56. The van der Waals surface area contributed by atoms with Crippen LogP contribution in [0, 0.1) is 0 Å². The number of rotatable bonds is 2. The number of aliphatic hydroxyl groups is 1. The first-order chi connectivity index (χ1) is 16.6. The summed E-state index contributed by atoms with van der Waals surface area (Å²) in [5, 5.41) is 13.3. The van der Waals surface area contributed by atoms with Gasteiger partial charge in [-0.3, -0.25) is 0 Å². The summed E-state index contributed by atoms with van der Waals surface area (Å²) in [7, 11) is 3.50. The van der Waals surface area contributed by atoms with Gasteiger partial charge < -0.3 is 19.1 Å². The molecule has 3 aromatic carbocycles. The molecule has 6 nitrogen and oxygen atoms in total. The Labute approximate surface area is 197 Å². The van der Waals surface area contributed by atoms with E-state index in [2.05, 4.69) is 9.97 Å². The first-order valence-electron chi connectivity index (χ1n) is 11.1. The molecule has 0 spiro atoms. The maximum Gasteiger partial charge on any atom is 0.214 e. The lowest BCUT2D eigenvalue weighted by molar-refractivity contribution is 0.117. The number of hydrogen-bond acceptors (Lipinski definition) is 5. The average Bonchev–Trinajstić information content (AvgIpc) is 3.32. The van der Waals surface area contributed by atoms with Gasteiger partial charge in [0.15, 0.2) is 5.60 Å². The van der Waals surface area contributed by atoms with E-state index in [4.69, 9.17) is 9.47 Å². The lowest BCUT2D eigenvalue weighted by atomic mass is 9.82. The highest BCUT2D eigenvalue weighted by Crippen LogP contribution is 2.41. The largest absolute Gasteiger partial charge is 0.489 e. The summed E-state index contributed by atoms with van der Waals surface area (Å²) in [5.41, 5.74) is 4.38. The van der Waals surface area contributed by atoms with Crippen LogP contribution in [0.1, 0.15) is 22.4 Å². The highest BCUT2D eigenvalue weighted by molar-refractivity contribution is 5.96. The van der Waals surface area contributed by atoms with Crippen LogP contribution in [0.3, 0.4) is 0 Å². The SMILES string of the molecule is COc1cc2c3cc(ccc3n1)C(O)(c1cncn1C)c1cccc(c1)COc1cccc-2c1. The number of imidazole rings is 1. The van der Waals surface area contributed by atoms with Crippen molar-refractivity contribution in [3.8, 4) is 22.8 Å². The van der Waals surface area contributed by atoms with Crippen molar-refractivity contribution in [3.63, 3.8) is 0 Å². The Hall–Kier alpha value is -4.16. The number of benzene rings is 3. The van der Waals surface area contributed by atoms with Crippen LogP contribution in [0.15, 0.2) is 85.3 Å². The lowest BCUT2D eigenvalue weighted by Gasteiger charge is -2.30. The molecular weight excluding hydrogens is 426 g/mol. The van der Waals surface area contributed by atoms with Crippen LogP contribution >= 0.6 is 0 Å². The van der Waals surface area contributed by atoms with Crippen molar-refractivity contribution in [3.05, 3.63) is 108 Å². The van der Waals surface area contributed by atoms with E-state index in [-0.39, 0.29) is 0 Å². The summed E-state index contributed by atoms with van der Waals surface area (Å²) in [4.78, 5) is 8.95. The fourth-order valence-electron chi connectivity index (χ4n) is 4.74. The number of aromatic nitrogens is 3. The second kappa shape index (κ2) is 7.71. The van der Waals surface area contributed by atoms with Gasteiger partial charge in [0.25, 0.3) is 0 Å². The Balaban J connectivity index is 1.73. The van der Waals surface area contributed by atoms with Gasteiger partial charge >= 0.3 is 0 Å².